The van der Waals surface area contributed by atoms with Crippen molar-refractivity contribution in [3.63, 3.8) is 0 Å². The second kappa shape index (κ2) is 11.8. The highest BCUT2D eigenvalue weighted by Gasteiger charge is 2.34. The quantitative estimate of drug-likeness (QED) is 0.309. The van der Waals surface area contributed by atoms with Crippen LogP contribution in [0.3, 0.4) is 0 Å². The average Bonchev–Trinajstić information content (AvgIpc) is 3.80. The van der Waals surface area contributed by atoms with Crippen LogP contribution in [0, 0.1) is 11.8 Å². The van der Waals surface area contributed by atoms with E-state index in [-0.39, 0.29) is 12.3 Å². The number of nitrogens with zero attached hydrogens (tertiary/aromatic N) is 1. The number of anilines is 1. The maximum atomic E-state index is 11.4. The molecule has 0 aromatic heterocycles. The largest absolute Gasteiger partial charge is 0.497 e. The maximum absolute atomic E-state index is 11.4. The number of carboxylic acids is 1. The molecule has 1 aliphatic heterocycles. The van der Waals surface area contributed by atoms with Crippen LogP contribution in [0.15, 0.2) is 66.7 Å². The predicted octanol–water partition coefficient (Wildman–Crippen LogP) is 6.63. The van der Waals surface area contributed by atoms with Crippen LogP contribution in [-0.4, -0.2) is 45.0 Å². The molecule has 2 aliphatic rings. The molecule has 1 aliphatic carbocycles. The average molecular weight is 516 g/mol. The molecule has 1 saturated heterocycles. The van der Waals surface area contributed by atoms with Crippen LogP contribution < -0.4 is 19.1 Å². The Bertz CT molecular complexity index is 1250. The van der Waals surface area contributed by atoms with Crippen LogP contribution in [0.1, 0.15) is 43.6 Å². The molecule has 2 fully saturated rings. The van der Waals surface area contributed by atoms with Gasteiger partial charge in [0.2, 0.25) is 0 Å². The third kappa shape index (κ3) is 6.07. The number of methoxy groups -OCH3 is 2. The smallest absolute Gasteiger partial charge is 0.303 e. The lowest BCUT2D eigenvalue weighted by Gasteiger charge is -2.35. The Kier molecular flexibility index (Phi) is 8.06. The first-order valence-corrected chi connectivity index (χ1v) is 13.6. The van der Waals surface area contributed by atoms with Gasteiger partial charge in [0.1, 0.15) is 17.2 Å². The third-order valence-corrected chi connectivity index (χ3v) is 7.91. The monoisotopic (exact) mass is 515 g/mol. The van der Waals surface area contributed by atoms with Crippen LogP contribution in [0.4, 0.5) is 5.69 Å². The second-order valence-electron chi connectivity index (χ2n) is 10.4. The summed E-state index contributed by atoms with van der Waals surface area (Å²) in [6, 6.07) is 22.5. The normalized spacial score (nSPS) is 16.6. The topological polar surface area (TPSA) is 68.2 Å². The van der Waals surface area contributed by atoms with E-state index in [9.17, 15) is 9.90 Å². The third-order valence-electron chi connectivity index (χ3n) is 7.91. The minimum Gasteiger partial charge on any atom is -0.497 e. The van der Waals surface area contributed by atoms with Gasteiger partial charge in [-0.3, -0.25) is 4.79 Å². The molecule has 1 saturated carbocycles. The molecule has 1 heterocycles. The lowest BCUT2D eigenvalue weighted by molar-refractivity contribution is -0.137. The molecule has 0 radical (unpaired) electrons. The van der Waals surface area contributed by atoms with Gasteiger partial charge in [-0.05, 0) is 79.3 Å². The van der Waals surface area contributed by atoms with E-state index >= 15 is 0 Å². The van der Waals surface area contributed by atoms with E-state index in [0.29, 0.717) is 18.4 Å². The highest BCUT2D eigenvalue weighted by Crippen LogP contribution is 2.45. The molecule has 6 nitrogen and oxygen atoms in total. The Hall–Kier alpha value is -3.67. The summed E-state index contributed by atoms with van der Waals surface area (Å²) in [4.78, 5) is 13.8. The molecule has 0 amide bonds. The van der Waals surface area contributed by atoms with Gasteiger partial charge in [-0.1, -0.05) is 30.3 Å². The Morgan fingerprint density at radius 2 is 1.68 bits per heavy atom. The fraction of sp³-hybridized carbons (Fsp3) is 0.406. The van der Waals surface area contributed by atoms with Crippen LogP contribution in [0.5, 0.6) is 17.2 Å². The van der Waals surface area contributed by atoms with Crippen molar-refractivity contribution in [2.24, 2.45) is 11.8 Å². The second-order valence-corrected chi connectivity index (χ2v) is 10.4. The van der Waals surface area contributed by atoms with E-state index in [1.807, 2.05) is 42.5 Å². The molecular formula is C32H37NO5. The summed E-state index contributed by atoms with van der Waals surface area (Å²) in [6.45, 7) is 2.54. The van der Waals surface area contributed by atoms with Crippen molar-refractivity contribution in [2.75, 3.05) is 38.8 Å². The summed E-state index contributed by atoms with van der Waals surface area (Å²) in [5.41, 5.74) is 4.46. The number of ether oxygens (including phenoxy) is 3. The molecule has 5 rings (SSSR count). The zero-order valence-corrected chi connectivity index (χ0v) is 22.3. The SMILES string of the molecule is COc1ccc(-c2ccccc2OC)c(N2CCC(COc3cccc(C(CC(=O)O)C4CC4)c3)CC2)c1. The number of hydrogen-bond acceptors (Lipinski definition) is 5. The Morgan fingerprint density at radius 1 is 0.895 bits per heavy atom. The minimum atomic E-state index is -0.732. The number of para-hydroxylation sites is 1. The van der Waals surface area contributed by atoms with Crippen molar-refractivity contribution in [3.8, 4) is 28.4 Å². The van der Waals surface area contributed by atoms with Gasteiger partial charge in [0, 0.05) is 36.0 Å². The van der Waals surface area contributed by atoms with Crippen molar-refractivity contribution in [1.29, 1.82) is 0 Å². The van der Waals surface area contributed by atoms with Crippen LogP contribution in [-0.2, 0) is 4.79 Å². The van der Waals surface area contributed by atoms with Gasteiger partial charge in [-0.15, -0.1) is 0 Å². The molecule has 3 aromatic rings. The summed E-state index contributed by atoms with van der Waals surface area (Å²) in [5, 5.41) is 9.36. The fourth-order valence-electron chi connectivity index (χ4n) is 5.63. The van der Waals surface area contributed by atoms with E-state index in [0.717, 1.165) is 78.4 Å². The molecule has 3 aromatic carbocycles. The van der Waals surface area contributed by atoms with Crippen molar-refractivity contribution < 1.29 is 24.1 Å². The number of rotatable bonds is 11. The van der Waals surface area contributed by atoms with Crippen LogP contribution in [0.2, 0.25) is 0 Å². The molecule has 1 atom stereocenters. The molecule has 1 N–H and O–H groups in total. The summed E-state index contributed by atoms with van der Waals surface area (Å²) in [5.74, 6) is 2.85. The predicted molar refractivity (Wildman–Crippen MR) is 150 cm³/mol. The molecule has 6 heteroatoms. The number of benzene rings is 3. The van der Waals surface area contributed by atoms with E-state index in [4.69, 9.17) is 14.2 Å². The lowest BCUT2D eigenvalue weighted by atomic mass is 9.91. The van der Waals surface area contributed by atoms with Crippen molar-refractivity contribution in [1.82, 2.24) is 0 Å². The molecule has 0 spiro atoms. The lowest BCUT2D eigenvalue weighted by Crippen LogP contribution is -2.35. The number of hydrogen-bond donors (Lipinski definition) is 1. The van der Waals surface area contributed by atoms with E-state index in [1.54, 1.807) is 14.2 Å². The van der Waals surface area contributed by atoms with Crippen molar-refractivity contribution in [3.05, 3.63) is 72.3 Å². The minimum absolute atomic E-state index is 0.0830. The summed E-state index contributed by atoms with van der Waals surface area (Å²) in [6.07, 6.45) is 4.49. The van der Waals surface area contributed by atoms with Gasteiger partial charge < -0.3 is 24.2 Å². The van der Waals surface area contributed by atoms with E-state index in [1.165, 1.54) is 0 Å². The molecule has 200 valence electrons. The van der Waals surface area contributed by atoms with Crippen LogP contribution in [0.25, 0.3) is 11.1 Å². The Labute approximate surface area is 225 Å². The summed E-state index contributed by atoms with van der Waals surface area (Å²) in [7, 11) is 3.41. The van der Waals surface area contributed by atoms with Crippen molar-refractivity contribution in [2.45, 2.75) is 38.0 Å². The Morgan fingerprint density at radius 3 is 2.39 bits per heavy atom. The van der Waals surface area contributed by atoms with Gasteiger partial charge in [0.25, 0.3) is 0 Å². The van der Waals surface area contributed by atoms with Gasteiger partial charge in [-0.25, -0.2) is 0 Å². The van der Waals surface area contributed by atoms with E-state index in [2.05, 4.69) is 29.2 Å². The fourth-order valence-corrected chi connectivity index (χ4v) is 5.63. The van der Waals surface area contributed by atoms with Gasteiger partial charge in [0.15, 0.2) is 0 Å². The van der Waals surface area contributed by atoms with Crippen LogP contribution >= 0.6 is 0 Å². The van der Waals surface area contributed by atoms with Gasteiger partial charge in [-0.2, -0.15) is 0 Å². The summed E-state index contributed by atoms with van der Waals surface area (Å²) >= 11 is 0. The number of carbonyl (C=O) groups is 1. The van der Waals surface area contributed by atoms with Gasteiger partial charge in [0.05, 0.1) is 27.2 Å². The highest BCUT2D eigenvalue weighted by atomic mass is 16.5. The van der Waals surface area contributed by atoms with Gasteiger partial charge >= 0.3 is 5.97 Å². The zero-order valence-electron chi connectivity index (χ0n) is 22.3. The summed E-state index contributed by atoms with van der Waals surface area (Å²) < 4.78 is 17.4. The standard InChI is InChI=1S/C32H37NO5/c1-36-25-12-13-27(28-8-3-4-9-31(28)37-2)30(19-25)33-16-14-22(15-17-33)21-38-26-7-5-6-24(18-26)29(20-32(34)35)23-10-11-23/h3-9,12-13,18-19,22-23,29H,10-11,14-17,20-21H2,1-2H3,(H,34,35). The zero-order chi connectivity index (χ0) is 26.5. The molecular weight excluding hydrogens is 478 g/mol. The molecule has 1 unspecified atom stereocenters. The number of carboxylic acid groups (broad SMARTS) is 1. The first kappa shape index (κ1) is 26.0. The maximum Gasteiger partial charge on any atom is 0.303 e. The Balaban J connectivity index is 1.23. The van der Waals surface area contributed by atoms with E-state index < -0.39 is 5.97 Å². The first-order chi connectivity index (χ1) is 18.6. The molecule has 0 bridgehead atoms. The number of piperidine rings is 1. The first-order valence-electron chi connectivity index (χ1n) is 13.6. The molecule has 38 heavy (non-hydrogen) atoms. The number of aliphatic carboxylic acids is 1. The highest BCUT2D eigenvalue weighted by molar-refractivity contribution is 5.83. The van der Waals surface area contributed by atoms with Crippen molar-refractivity contribution >= 4 is 11.7 Å².